The van der Waals surface area contributed by atoms with Gasteiger partial charge in [-0.25, -0.2) is 0 Å². The maximum atomic E-state index is 8.74. The zero-order valence-electron chi connectivity index (χ0n) is 3.33. The Bertz CT molecular complexity index is 95.6. The average Bonchev–Trinajstić information content (AvgIpc) is 0.722. The van der Waals surface area contributed by atoms with E-state index in [4.69, 9.17) is 17.5 Å². The Morgan fingerprint density at radius 1 is 1.12 bits per heavy atom. The van der Waals surface area contributed by atoms with Gasteiger partial charge in [-0.2, -0.15) is 8.42 Å². The second kappa shape index (κ2) is 7.32. The van der Waals surface area contributed by atoms with Gasteiger partial charge in [-0.05, 0) is 0 Å². The lowest BCUT2D eigenvalue weighted by Gasteiger charge is -1.68. The van der Waals surface area contributed by atoms with E-state index in [2.05, 4.69) is 0 Å². The molecule has 0 rings (SSSR count). The van der Waals surface area contributed by atoms with Gasteiger partial charge in [0.1, 0.15) is 0 Å². The Balaban J connectivity index is -0.0000000267. The number of hydrogen-bond donors (Lipinski definition) is 3. The predicted octanol–water partition coefficient (Wildman–Crippen LogP) is -2.50. The van der Waals surface area contributed by atoms with Crippen molar-refractivity contribution in [3.63, 3.8) is 0 Å². The maximum Gasteiger partial charge on any atom is 0.394 e. The molecular formula is H10AlNO5S. The van der Waals surface area contributed by atoms with Crippen LogP contribution in [-0.4, -0.2) is 40.4 Å². The highest BCUT2D eigenvalue weighted by molar-refractivity contribution is 7.79. The lowest BCUT2D eigenvalue weighted by Crippen LogP contribution is -1.89. The summed E-state index contributed by atoms with van der Waals surface area (Å²) in [5.41, 5.74) is 0. The summed E-state index contributed by atoms with van der Waals surface area (Å²) in [6.07, 6.45) is 0. The van der Waals surface area contributed by atoms with Gasteiger partial charge in [0, 0.05) is 0 Å². The summed E-state index contributed by atoms with van der Waals surface area (Å²) in [5, 5.41) is 0. The highest BCUT2D eigenvalue weighted by atomic mass is 32.3. The second-order valence-corrected chi connectivity index (χ2v) is 1.34. The van der Waals surface area contributed by atoms with Gasteiger partial charge in [-0.3, -0.25) is 9.11 Å². The SMILES string of the molecule is N.O.O=S(=O)(O)O.[AlH3]. The monoisotopic (exact) mass is 163 g/mol. The normalized spacial score (nSPS) is 7.25. The zero-order valence-corrected chi connectivity index (χ0v) is 4.14. The van der Waals surface area contributed by atoms with Crippen molar-refractivity contribution in [1.82, 2.24) is 6.15 Å². The first-order valence-electron chi connectivity index (χ1n) is 0.698. The minimum atomic E-state index is -4.67. The maximum absolute atomic E-state index is 8.74. The van der Waals surface area contributed by atoms with Gasteiger partial charge in [-0.1, -0.05) is 0 Å². The van der Waals surface area contributed by atoms with Gasteiger partial charge >= 0.3 is 10.4 Å². The first kappa shape index (κ1) is 23.9. The molecule has 0 aromatic heterocycles. The average molecular weight is 163 g/mol. The molecule has 0 amide bonds. The molecule has 8 heteroatoms. The molecule has 0 fully saturated rings. The molecule has 0 aliphatic carbocycles. The van der Waals surface area contributed by atoms with Crippen LogP contribution in [0.2, 0.25) is 0 Å². The van der Waals surface area contributed by atoms with Crippen molar-refractivity contribution in [2.75, 3.05) is 0 Å². The molecule has 0 radical (unpaired) electrons. The fourth-order valence-corrected chi connectivity index (χ4v) is 0. The third-order valence-corrected chi connectivity index (χ3v) is 0. The van der Waals surface area contributed by atoms with Crippen molar-refractivity contribution in [1.29, 1.82) is 0 Å². The molecule has 54 valence electrons. The lowest BCUT2D eigenvalue weighted by molar-refractivity contribution is 0.381. The molecule has 0 bridgehead atoms. The van der Waals surface area contributed by atoms with E-state index in [1.807, 2.05) is 0 Å². The van der Waals surface area contributed by atoms with Gasteiger partial charge in [0.25, 0.3) is 0 Å². The first-order valence-corrected chi connectivity index (χ1v) is 2.10. The Hall–Kier alpha value is 0.322. The van der Waals surface area contributed by atoms with Gasteiger partial charge in [0.2, 0.25) is 0 Å². The molecule has 0 unspecified atom stereocenters. The molecule has 7 N–H and O–H groups in total. The van der Waals surface area contributed by atoms with Crippen LogP contribution in [0.15, 0.2) is 0 Å². The van der Waals surface area contributed by atoms with E-state index in [9.17, 15) is 0 Å². The van der Waals surface area contributed by atoms with Crippen molar-refractivity contribution >= 4 is 27.8 Å². The summed E-state index contributed by atoms with van der Waals surface area (Å²) in [7, 11) is -4.67. The van der Waals surface area contributed by atoms with Crippen molar-refractivity contribution < 1.29 is 23.0 Å². The molecule has 0 atom stereocenters. The van der Waals surface area contributed by atoms with E-state index >= 15 is 0 Å². The molecule has 0 aromatic carbocycles. The highest BCUT2D eigenvalue weighted by Gasteiger charge is 1.84. The summed E-state index contributed by atoms with van der Waals surface area (Å²) in [4.78, 5) is 0. The summed E-state index contributed by atoms with van der Waals surface area (Å²) < 4.78 is 31.6. The Labute approximate surface area is 57.5 Å². The highest BCUT2D eigenvalue weighted by Crippen LogP contribution is 1.59. The standard InChI is InChI=1S/Al.H3N.H2O4S.H2O.3H/c;;1-5(2,3)4;;;;/h;1H3;(H2,1,2,3,4);1H2;;;. The molecule has 0 saturated carbocycles. The van der Waals surface area contributed by atoms with Gasteiger partial charge in [0.05, 0.1) is 0 Å². The van der Waals surface area contributed by atoms with Crippen molar-refractivity contribution in [2.24, 2.45) is 0 Å². The third kappa shape index (κ3) is 1720. The third-order valence-electron chi connectivity index (χ3n) is 0. The van der Waals surface area contributed by atoms with E-state index in [0.29, 0.717) is 0 Å². The van der Waals surface area contributed by atoms with E-state index in [0.717, 1.165) is 0 Å². The number of hydrogen-bond acceptors (Lipinski definition) is 3. The van der Waals surface area contributed by atoms with Crippen molar-refractivity contribution in [3.05, 3.63) is 0 Å². The summed E-state index contributed by atoms with van der Waals surface area (Å²) in [5.74, 6) is 0. The predicted molar refractivity (Wildman–Crippen MR) is 32.8 cm³/mol. The van der Waals surface area contributed by atoms with Crippen LogP contribution < -0.4 is 6.15 Å². The Morgan fingerprint density at radius 2 is 1.12 bits per heavy atom. The van der Waals surface area contributed by atoms with Gasteiger partial charge in [0.15, 0.2) is 17.4 Å². The zero-order chi connectivity index (χ0) is 4.50. The van der Waals surface area contributed by atoms with E-state index in [1.165, 1.54) is 0 Å². The van der Waals surface area contributed by atoms with E-state index in [1.54, 1.807) is 0 Å². The fourth-order valence-electron chi connectivity index (χ4n) is 0. The molecular weight excluding hydrogens is 153 g/mol. The van der Waals surface area contributed by atoms with Crippen LogP contribution in [0.25, 0.3) is 0 Å². The molecule has 0 aromatic rings. The van der Waals surface area contributed by atoms with E-state index < -0.39 is 10.4 Å². The van der Waals surface area contributed by atoms with E-state index in [-0.39, 0.29) is 29.0 Å². The lowest BCUT2D eigenvalue weighted by atomic mass is 14.0. The van der Waals surface area contributed by atoms with Crippen molar-refractivity contribution in [3.8, 4) is 0 Å². The fraction of sp³-hybridized carbons (Fsp3) is 0. The minimum Gasteiger partial charge on any atom is -0.412 e. The quantitative estimate of drug-likeness (QED) is 0.267. The molecule has 8 heavy (non-hydrogen) atoms. The summed E-state index contributed by atoms with van der Waals surface area (Å²) in [6.45, 7) is 0. The topological polar surface area (TPSA) is 141 Å². The van der Waals surface area contributed by atoms with Crippen LogP contribution in [0.4, 0.5) is 0 Å². The molecule has 0 saturated heterocycles. The molecule has 0 heterocycles. The van der Waals surface area contributed by atoms with Crippen molar-refractivity contribution in [2.45, 2.75) is 0 Å². The van der Waals surface area contributed by atoms with Crippen LogP contribution in [0.5, 0.6) is 0 Å². The molecule has 0 spiro atoms. The smallest absolute Gasteiger partial charge is 0.394 e. The largest absolute Gasteiger partial charge is 0.412 e. The van der Waals surface area contributed by atoms with Crippen LogP contribution in [0.3, 0.4) is 0 Å². The molecule has 6 nitrogen and oxygen atoms in total. The Kier molecular flexibility index (Phi) is 21.9. The van der Waals surface area contributed by atoms with Gasteiger partial charge in [-0.15, -0.1) is 0 Å². The summed E-state index contributed by atoms with van der Waals surface area (Å²) >= 11 is 0. The number of rotatable bonds is 0. The van der Waals surface area contributed by atoms with Crippen LogP contribution in [-0.2, 0) is 10.4 Å². The van der Waals surface area contributed by atoms with Crippen LogP contribution in [0.1, 0.15) is 0 Å². The van der Waals surface area contributed by atoms with Crippen LogP contribution >= 0.6 is 0 Å². The first-order chi connectivity index (χ1) is 2.00. The van der Waals surface area contributed by atoms with Gasteiger partial charge < -0.3 is 11.6 Å². The second-order valence-electron chi connectivity index (χ2n) is 0.448. The summed E-state index contributed by atoms with van der Waals surface area (Å²) in [6, 6.07) is 0. The molecule has 0 aliphatic rings. The minimum absolute atomic E-state index is 0. The molecule has 0 aliphatic heterocycles. The Morgan fingerprint density at radius 3 is 1.12 bits per heavy atom. The van der Waals surface area contributed by atoms with Crippen LogP contribution in [0, 0.1) is 0 Å².